The summed E-state index contributed by atoms with van der Waals surface area (Å²) in [5, 5.41) is 0. The molecule has 0 bridgehead atoms. The number of nitrogens with two attached hydrogens (primary N) is 1. The van der Waals surface area contributed by atoms with Gasteiger partial charge in [-0.2, -0.15) is 0 Å². The van der Waals surface area contributed by atoms with Crippen LogP contribution < -0.4 is 5.73 Å². The van der Waals surface area contributed by atoms with E-state index in [9.17, 15) is 13.2 Å². The van der Waals surface area contributed by atoms with E-state index < -0.39 is 17.7 Å². The first-order valence-corrected chi connectivity index (χ1v) is 6.41. The Kier molecular flexibility index (Phi) is 4.27. The molecule has 0 amide bonds. The quantitative estimate of drug-likeness (QED) is 0.901. The molecule has 0 saturated heterocycles. The van der Waals surface area contributed by atoms with E-state index in [2.05, 4.69) is 15.9 Å². The van der Waals surface area contributed by atoms with Gasteiger partial charge in [0, 0.05) is 10.5 Å². The highest BCUT2D eigenvalue weighted by atomic mass is 79.9. The van der Waals surface area contributed by atoms with Gasteiger partial charge in [0.25, 0.3) is 0 Å². The highest BCUT2D eigenvalue weighted by Gasteiger charge is 2.13. The maximum Gasteiger partial charge on any atom is 0.159 e. The minimum Gasteiger partial charge on any atom is -0.324 e. The lowest BCUT2D eigenvalue weighted by Gasteiger charge is -2.14. The smallest absolute Gasteiger partial charge is 0.159 e. The molecule has 1 nitrogen and oxygen atoms in total. The predicted molar refractivity (Wildman–Crippen MR) is 71.1 cm³/mol. The lowest BCUT2D eigenvalue weighted by atomic mass is 9.99. The molecule has 5 heteroatoms. The van der Waals surface area contributed by atoms with E-state index in [-0.39, 0.29) is 5.82 Å². The summed E-state index contributed by atoms with van der Waals surface area (Å²) in [5.41, 5.74) is 7.12. The number of hydrogen-bond acceptors (Lipinski definition) is 1. The molecule has 1 atom stereocenters. The first-order valence-electron chi connectivity index (χ1n) is 5.62. The van der Waals surface area contributed by atoms with E-state index in [4.69, 9.17) is 5.73 Å². The third-order valence-electron chi connectivity index (χ3n) is 2.80. The third kappa shape index (κ3) is 3.36. The van der Waals surface area contributed by atoms with Crippen molar-refractivity contribution in [3.63, 3.8) is 0 Å². The average molecular weight is 330 g/mol. The van der Waals surface area contributed by atoms with Crippen LogP contribution >= 0.6 is 15.9 Å². The van der Waals surface area contributed by atoms with Crippen molar-refractivity contribution in [1.82, 2.24) is 0 Å². The van der Waals surface area contributed by atoms with Gasteiger partial charge in [0.2, 0.25) is 0 Å². The van der Waals surface area contributed by atoms with E-state index in [1.807, 2.05) is 0 Å². The Hall–Kier alpha value is -1.33. The van der Waals surface area contributed by atoms with Crippen LogP contribution in [0.4, 0.5) is 13.2 Å². The summed E-state index contributed by atoms with van der Waals surface area (Å²) in [6.07, 6.45) is 0.291. The summed E-state index contributed by atoms with van der Waals surface area (Å²) in [6.45, 7) is 0. The first kappa shape index (κ1) is 14.1. The number of rotatable bonds is 3. The van der Waals surface area contributed by atoms with Crippen molar-refractivity contribution in [2.45, 2.75) is 12.5 Å². The Balaban J connectivity index is 2.22. The zero-order valence-electron chi connectivity index (χ0n) is 9.84. The molecule has 2 N–H and O–H groups in total. The van der Waals surface area contributed by atoms with Crippen LogP contribution in [0.3, 0.4) is 0 Å². The van der Waals surface area contributed by atoms with Crippen LogP contribution in [0.15, 0.2) is 40.9 Å². The second-order valence-electron chi connectivity index (χ2n) is 4.22. The van der Waals surface area contributed by atoms with Gasteiger partial charge >= 0.3 is 0 Å². The SMILES string of the molecule is NC(Cc1ccc(F)c(F)c1)c1cc(F)ccc1Br. The summed E-state index contributed by atoms with van der Waals surface area (Å²) < 4.78 is 39.8. The summed E-state index contributed by atoms with van der Waals surface area (Å²) in [6, 6.07) is 7.32. The number of benzene rings is 2. The van der Waals surface area contributed by atoms with E-state index in [1.54, 1.807) is 6.07 Å². The molecule has 1 unspecified atom stereocenters. The van der Waals surface area contributed by atoms with Gasteiger partial charge in [0.05, 0.1) is 0 Å². The molecule has 0 fully saturated rings. The van der Waals surface area contributed by atoms with Crippen molar-refractivity contribution in [1.29, 1.82) is 0 Å². The topological polar surface area (TPSA) is 26.0 Å². The fourth-order valence-corrected chi connectivity index (χ4v) is 2.37. The van der Waals surface area contributed by atoms with Crippen molar-refractivity contribution >= 4 is 15.9 Å². The van der Waals surface area contributed by atoms with Crippen molar-refractivity contribution < 1.29 is 13.2 Å². The van der Waals surface area contributed by atoms with E-state index in [0.717, 1.165) is 12.1 Å². The largest absolute Gasteiger partial charge is 0.324 e. The molecule has 2 aromatic rings. The normalized spacial score (nSPS) is 12.5. The fraction of sp³-hybridized carbons (Fsp3) is 0.143. The third-order valence-corrected chi connectivity index (χ3v) is 3.52. The Morgan fingerprint density at radius 3 is 2.42 bits per heavy atom. The molecule has 2 aromatic carbocycles. The fourth-order valence-electron chi connectivity index (χ4n) is 1.83. The molecular weight excluding hydrogens is 319 g/mol. The molecule has 2 rings (SSSR count). The van der Waals surface area contributed by atoms with Gasteiger partial charge in [-0.1, -0.05) is 22.0 Å². The minimum absolute atomic E-state index is 0.291. The Morgan fingerprint density at radius 1 is 1.00 bits per heavy atom. The number of hydrogen-bond donors (Lipinski definition) is 1. The second kappa shape index (κ2) is 5.75. The van der Waals surface area contributed by atoms with Crippen molar-refractivity contribution in [2.24, 2.45) is 5.73 Å². The lowest BCUT2D eigenvalue weighted by Crippen LogP contribution is -2.14. The summed E-state index contributed by atoms with van der Waals surface area (Å²) in [4.78, 5) is 0. The Bertz CT molecular complexity index is 601. The van der Waals surface area contributed by atoms with Crippen LogP contribution in [0.2, 0.25) is 0 Å². The van der Waals surface area contributed by atoms with Gasteiger partial charge in [0.15, 0.2) is 11.6 Å². The molecule has 0 aliphatic heterocycles. The lowest BCUT2D eigenvalue weighted by molar-refractivity contribution is 0.506. The molecule has 0 aromatic heterocycles. The predicted octanol–water partition coefficient (Wildman–Crippen LogP) is 4.11. The van der Waals surface area contributed by atoms with Gasteiger partial charge in [-0.05, 0) is 47.9 Å². The molecule has 0 spiro atoms. The summed E-state index contributed by atoms with van der Waals surface area (Å²) >= 11 is 3.29. The van der Waals surface area contributed by atoms with Crippen LogP contribution in [0, 0.1) is 17.5 Å². The van der Waals surface area contributed by atoms with Crippen molar-refractivity contribution in [3.8, 4) is 0 Å². The first-order chi connectivity index (χ1) is 8.97. The van der Waals surface area contributed by atoms with E-state index >= 15 is 0 Å². The molecular formula is C14H11BrF3N. The molecule has 19 heavy (non-hydrogen) atoms. The van der Waals surface area contributed by atoms with Crippen LogP contribution in [-0.4, -0.2) is 0 Å². The van der Waals surface area contributed by atoms with E-state index in [0.29, 0.717) is 22.0 Å². The van der Waals surface area contributed by atoms with Crippen LogP contribution in [0.1, 0.15) is 17.2 Å². The molecule has 0 heterocycles. The summed E-state index contributed by atoms with van der Waals surface area (Å²) in [5.74, 6) is -2.20. The minimum atomic E-state index is -0.914. The maximum absolute atomic E-state index is 13.2. The van der Waals surface area contributed by atoms with Crippen LogP contribution in [0.5, 0.6) is 0 Å². The Labute approximate surface area is 117 Å². The van der Waals surface area contributed by atoms with Crippen LogP contribution in [0.25, 0.3) is 0 Å². The average Bonchev–Trinajstić information content (AvgIpc) is 2.36. The standard InChI is InChI=1S/C14H11BrF3N/c15-11-3-2-9(16)7-10(11)14(19)6-8-1-4-12(17)13(18)5-8/h1-5,7,14H,6,19H2. The second-order valence-corrected chi connectivity index (χ2v) is 5.08. The van der Waals surface area contributed by atoms with Gasteiger partial charge in [-0.15, -0.1) is 0 Å². The zero-order valence-corrected chi connectivity index (χ0v) is 11.4. The monoisotopic (exact) mass is 329 g/mol. The zero-order chi connectivity index (χ0) is 14.0. The molecule has 100 valence electrons. The number of halogens is 4. The van der Waals surface area contributed by atoms with Crippen molar-refractivity contribution in [2.75, 3.05) is 0 Å². The van der Waals surface area contributed by atoms with E-state index in [1.165, 1.54) is 18.2 Å². The maximum atomic E-state index is 13.2. The molecule has 0 radical (unpaired) electrons. The Morgan fingerprint density at radius 2 is 1.74 bits per heavy atom. The molecule has 0 aliphatic carbocycles. The highest BCUT2D eigenvalue weighted by molar-refractivity contribution is 9.10. The van der Waals surface area contributed by atoms with Crippen LogP contribution in [-0.2, 0) is 6.42 Å². The van der Waals surface area contributed by atoms with Gasteiger partial charge in [-0.25, -0.2) is 13.2 Å². The summed E-state index contributed by atoms with van der Waals surface area (Å²) in [7, 11) is 0. The molecule has 0 aliphatic rings. The highest BCUT2D eigenvalue weighted by Crippen LogP contribution is 2.25. The van der Waals surface area contributed by atoms with Crippen molar-refractivity contribution in [3.05, 3.63) is 69.4 Å². The molecule has 0 saturated carbocycles. The van der Waals surface area contributed by atoms with Gasteiger partial charge in [-0.3, -0.25) is 0 Å². The van der Waals surface area contributed by atoms with Gasteiger partial charge in [0.1, 0.15) is 5.82 Å². The van der Waals surface area contributed by atoms with Gasteiger partial charge < -0.3 is 5.73 Å².